The Morgan fingerprint density at radius 2 is 1.29 bits per heavy atom. The predicted molar refractivity (Wildman–Crippen MR) is 179 cm³/mol. The van der Waals surface area contributed by atoms with E-state index in [1.807, 2.05) is 0 Å². The Hall–Kier alpha value is -2.54. The lowest BCUT2D eigenvalue weighted by molar-refractivity contribution is 0.267. The fourth-order valence-electron chi connectivity index (χ4n) is 7.18. The van der Waals surface area contributed by atoms with Gasteiger partial charge in [0.05, 0.1) is 6.61 Å². The quantitative estimate of drug-likeness (QED) is 0.205. The average Bonchev–Trinajstić information content (AvgIpc) is 3.02. The average molecular weight is 553 g/mol. The first-order valence-electron chi connectivity index (χ1n) is 17.0. The molecule has 4 rings (SSSR count). The second-order valence-corrected chi connectivity index (χ2v) is 12.6. The lowest BCUT2D eigenvalue weighted by Gasteiger charge is -2.26. The van der Waals surface area contributed by atoms with Crippen LogP contribution in [0.15, 0.2) is 48.5 Å². The first-order chi connectivity index (χ1) is 20.0. The Labute approximate surface area is 252 Å². The summed E-state index contributed by atoms with van der Waals surface area (Å²) in [5.74, 6) is 3.57. The minimum atomic E-state index is 0.744. The van der Waals surface area contributed by atoms with Crippen LogP contribution >= 0.6 is 0 Å². The SMILES string of the molecule is CCc1cc(-c2ccc(C3CCC(C)CC3)cc2)ccc1-c1cc(CC)c(OCCC(CC)CC)c(CC)c1CC. The molecule has 41 heavy (non-hydrogen) atoms. The third kappa shape index (κ3) is 7.28. The van der Waals surface area contributed by atoms with Gasteiger partial charge in [0.2, 0.25) is 0 Å². The number of rotatable bonds is 13. The summed E-state index contributed by atoms with van der Waals surface area (Å²) in [6.07, 6.45) is 13.1. The Morgan fingerprint density at radius 1 is 0.659 bits per heavy atom. The van der Waals surface area contributed by atoms with Gasteiger partial charge in [-0.3, -0.25) is 0 Å². The van der Waals surface area contributed by atoms with Crippen LogP contribution in [0.25, 0.3) is 22.3 Å². The summed E-state index contributed by atoms with van der Waals surface area (Å²) in [7, 11) is 0. The molecule has 1 aliphatic carbocycles. The Morgan fingerprint density at radius 3 is 1.88 bits per heavy atom. The van der Waals surface area contributed by atoms with Gasteiger partial charge in [0.1, 0.15) is 5.75 Å². The smallest absolute Gasteiger partial charge is 0.125 e. The maximum atomic E-state index is 6.61. The standard InChI is InChI=1S/C40H56O/c1-8-29(9-2)24-25-41-40-31(11-4)27-39(36(12-5)37(40)13-6)38-23-22-35(26-30(38)10-3)34-20-18-33(19-21-34)32-16-14-28(7)15-17-32/h18-23,26-29,32H,8-17,24-25H2,1-7H3. The maximum absolute atomic E-state index is 6.61. The minimum Gasteiger partial charge on any atom is -0.493 e. The van der Waals surface area contributed by atoms with Crippen LogP contribution in [0.2, 0.25) is 0 Å². The largest absolute Gasteiger partial charge is 0.493 e. The molecule has 0 atom stereocenters. The zero-order valence-electron chi connectivity index (χ0n) is 27.2. The van der Waals surface area contributed by atoms with Crippen LogP contribution in [0.5, 0.6) is 5.75 Å². The molecule has 0 radical (unpaired) electrons. The summed E-state index contributed by atoms with van der Waals surface area (Å²) >= 11 is 0. The van der Waals surface area contributed by atoms with Crippen LogP contribution in [0.3, 0.4) is 0 Å². The second-order valence-electron chi connectivity index (χ2n) is 12.6. The van der Waals surface area contributed by atoms with E-state index in [1.54, 1.807) is 0 Å². The topological polar surface area (TPSA) is 9.23 Å². The van der Waals surface area contributed by atoms with Crippen molar-refractivity contribution >= 4 is 0 Å². The molecule has 1 saturated carbocycles. The molecular weight excluding hydrogens is 496 g/mol. The van der Waals surface area contributed by atoms with Crippen molar-refractivity contribution in [1.82, 2.24) is 0 Å². The van der Waals surface area contributed by atoms with E-state index in [2.05, 4.69) is 97.0 Å². The van der Waals surface area contributed by atoms with Crippen LogP contribution in [0, 0.1) is 11.8 Å². The summed E-state index contributed by atoms with van der Waals surface area (Å²) in [6, 6.07) is 19.2. The molecule has 3 aromatic rings. The second kappa shape index (κ2) is 15.1. The van der Waals surface area contributed by atoms with Crippen LogP contribution in [-0.4, -0.2) is 6.61 Å². The van der Waals surface area contributed by atoms with Crippen LogP contribution in [0.4, 0.5) is 0 Å². The molecule has 0 amide bonds. The number of aryl methyl sites for hydroxylation is 2. The van der Waals surface area contributed by atoms with E-state index in [0.717, 1.165) is 56.5 Å². The fourth-order valence-corrected chi connectivity index (χ4v) is 7.18. The molecule has 0 heterocycles. The van der Waals surface area contributed by atoms with Gasteiger partial charge in [0.15, 0.2) is 0 Å². The van der Waals surface area contributed by atoms with Crippen LogP contribution < -0.4 is 4.74 Å². The highest BCUT2D eigenvalue weighted by molar-refractivity contribution is 5.78. The van der Waals surface area contributed by atoms with Gasteiger partial charge in [-0.1, -0.05) is 117 Å². The van der Waals surface area contributed by atoms with Gasteiger partial charge in [-0.05, 0) is 119 Å². The highest BCUT2D eigenvalue weighted by Crippen LogP contribution is 2.40. The molecule has 0 saturated heterocycles. The fraction of sp³-hybridized carbons (Fsp3) is 0.550. The van der Waals surface area contributed by atoms with Crippen molar-refractivity contribution < 1.29 is 4.74 Å². The Kier molecular flexibility index (Phi) is 11.5. The Balaban J connectivity index is 1.65. The number of hydrogen-bond donors (Lipinski definition) is 0. The van der Waals surface area contributed by atoms with Crippen molar-refractivity contribution in [3.63, 3.8) is 0 Å². The summed E-state index contributed by atoms with van der Waals surface area (Å²) < 4.78 is 6.61. The highest BCUT2D eigenvalue weighted by atomic mass is 16.5. The van der Waals surface area contributed by atoms with E-state index in [9.17, 15) is 0 Å². The molecule has 0 bridgehead atoms. The van der Waals surface area contributed by atoms with E-state index in [-0.39, 0.29) is 0 Å². The normalized spacial score (nSPS) is 17.3. The lowest BCUT2D eigenvalue weighted by atomic mass is 9.79. The molecule has 0 N–H and O–H groups in total. The summed E-state index contributed by atoms with van der Waals surface area (Å²) in [5.41, 5.74) is 12.7. The minimum absolute atomic E-state index is 0.744. The monoisotopic (exact) mass is 552 g/mol. The highest BCUT2D eigenvalue weighted by Gasteiger charge is 2.21. The van der Waals surface area contributed by atoms with Gasteiger partial charge in [-0.25, -0.2) is 0 Å². The van der Waals surface area contributed by atoms with E-state index < -0.39 is 0 Å². The van der Waals surface area contributed by atoms with Crippen LogP contribution in [-0.2, 0) is 25.7 Å². The number of hydrogen-bond acceptors (Lipinski definition) is 1. The molecule has 3 aromatic carbocycles. The molecule has 1 fully saturated rings. The first-order valence-corrected chi connectivity index (χ1v) is 17.0. The van der Waals surface area contributed by atoms with E-state index in [0.29, 0.717) is 0 Å². The van der Waals surface area contributed by atoms with Gasteiger partial charge in [0.25, 0.3) is 0 Å². The third-order valence-electron chi connectivity index (χ3n) is 10.1. The predicted octanol–water partition coefficient (Wildman–Crippen LogP) is 11.8. The van der Waals surface area contributed by atoms with Crippen molar-refractivity contribution in [2.45, 2.75) is 125 Å². The van der Waals surface area contributed by atoms with Crippen LogP contribution in [0.1, 0.15) is 127 Å². The summed E-state index contributed by atoms with van der Waals surface area (Å²) in [6.45, 7) is 17.0. The van der Waals surface area contributed by atoms with Crippen molar-refractivity contribution in [1.29, 1.82) is 0 Å². The molecule has 1 aliphatic rings. The van der Waals surface area contributed by atoms with Gasteiger partial charge in [-0.15, -0.1) is 0 Å². The van der Waals surface area contributed by atoms with Gasteiger partial charge >= 0.3 is 0 Å². The first kappa shape index (κ1) is 31.4. The van der Waals surface area contributed by atoms with E-state index >= 15 is 0 Å². The van der Waals surface area contributed by atoms with Gasteiger partial charge in [0, 0.05) is 0 Å². The van der Waals surface area contributed by atoms with Crippen molar-refractivity contribution in [2.24, 2.45) is 11.8 Å². The van der Waals surface area contributed by atoms with Gasteiger partial charge < -0.3 is 4.74 Å². The summed E-state index contributed by atoms with van der Waals surface area (Å²) in [4.78, 5) is 0. The Bertz CT molecular complexity index is 1240. The molecule has 0 unspecified atom stereocenters. The molecular formula is C40H56O. The molecule has 0 aromatic heterocycles. The molecule has 1 heteroatoms. The van der Waals surface area contributed by atoms with Gasteiger partial charge in [-0.2, -0.15) is 0 Å². The zero-order valence-corrected chi connectivity index (χ0v) is 27.2. The number of ether oxygens (including phenoxy) is 1. The van der Waals surface area contributed by atoms with Crippen molar-refractivity contribution in [2.75, 3.05) is 6.61 Å². The maximum Gasteiger partial charge on any atom is 0.125 e. The lowest BCUT2D eigenvalue weighted by Crippen LogP contribution is -2.10. The van der Waals surface area contributed by atoms with Crippen molar-refractivity contribution in [3.05, 3.63) is 76.3 Å². The molecule has 0 aliphatic heterocycles. The van der Waals surface area contributed by atoms with Crippen molar-refractivity contribution in [3.8, 4) is 28.0 Å². The summed E-state index contributed by atoms with van der Waals surface area (Å²) in [5, 5.41) is 0. The molecule has 222 valence electrons. The van der Waals surface area contributed by atoms with E-state index in [4.69, 9.17) is 4.74 Å². The molecule has 0 spiro atoms. The molecule has 1 nitrogen and oxygen atoms in total. The third-order valence-corrected chi connectivity index (χ3v) is 10.1. The number of benzene rings is 3. The zero-order chi connectivity index (χ0) is 29.4. The van der Waals surface area contributed by atoms with E-state index in [1.165, 1.54) is 94.3 Å².